The molecule has 8 heteroatoms. The first-order valence-corrected chi connectivity index (χ1v) is 22.5. The topological polar surface area (TPSA) is 77.3 Å². The molecule has 4 aromatic heterocycles. The maximum atomic E-state index is 5.10. The van der Waals surface area contributed by atoms with Gasteiger partial charge in [-0.2, -0.15) is 0 Å². The van der Waals surface area contributed by atoms with Crippen molar-refractivity contribution in [3.8, 4) is 87.3 Å². The van der Waals surface area contributed by atoms with Gasteiger partial charge in [-0.25, -0.2) is 9.97 Å². The van der Waals surface area contributed by atoms with Crippen LogP contribution in [-0.2, 0) is 10.8 Å². The molecule has 0 amide bonds. The summed E-state index contributed by atoms with van der Waals surface area (Å²) in [5.41, 5.74) is 18.2. The molecule has 2 aliphatic carbocycles. The van der Waals surface area contributed by atoms with Crippen LogP contribution in [0.3, 0.4) is 0 Å². The molecule has 0 saturated carbocycles. The van der Waals surface area contributed by atoms with Crippen molar-refractivity contribution in [2.45, 2.75) is 38.5 Å². The molecule has 0 unspecified atom stereocenters. The van der Waals surface area contributed by atoms with Gasteiger partial charge < -0.3 is 0 Å². The van der Waals surface area contributed by atoms with Crippen LogP contribution in [0.25, 0.3) is 98.1 Å². The van der Waals surface area contributed by atoms with E-state index >= 15 is 0 Å². The summed E-state index contributed by atoms with van der Waals surface area (Å²) in [6, 6.07) is 56.1. The van der Waals surface area contributed by atoms with Crippen molar-refractivity contribution in [2.24, 2.45) is 0 Å². The molecule has 0 bridgehead atoms. The molecular formula is C54H38N6S2. The van der Waals surface area contributed by atoms with Crippen LogP contribution in [0.1, 0.15) is 49.9 Å². The highest BCUT2D eigenvalue weighted by atomic mass is 32.1. The van der Waals surface area contributed by atoms with Gasteiger partial charge in [-0.15, -0.1) is 20.4 Å². The van der Waals surface area contributed by atoms with Crippen LogP contribution in [0.15, 0.2) is 158 Å². The van der Waals surface area contributed by atoms with E-state index in [1.165, 1.54) is 44.5 Å². The molecule has 0 atom stereocenters. The molecule has 0 fully saturated rings. The quantitative estimate of drug-likeness (QED) is 0.166. The van der Waals surface area contributed by atoms with E-state index in [0.717, 1.165) is 75.8 Å². The molecule has 0 saturated heterocycles. The first-order valence-electron chi connectivity index (χ1n) is 20.9. The Morgan fingerprint density at radius 2 is 0.726 bits per heavy atom. The van der Waals surface area contributed by atoms with E-state index in [1.54, 1.807) is 22.7 Å². The summed E-state index contributed by atoms with van der Waals surface area (Å²) in [5.74, 6) is 0. The molecule has 4 heterocycles. The Kier molecular flexibility index (Phi) is 8.17. The lowest BCUT2D eigenvalue weighted by atomic mass is 9.82. The third kappa shape index (κ3) is 5.81. The van der Waals surface area contributed by atoms with E-state index < -0.39 is 0 Å². The smallest absolute Gasteiger partial charge is 0.166 e. The second-order valence-corrected chi connectivity index (χ2v) is 19.2. The van der Waals surface area contributed by atoms with Gasteiger partial charge in [-0.3, -0.25) is 0 Å². The molecule has 12 rings (SSSR count). The van der Waals surface area contributed by atoms with Gasteiger partial charge in [0.05, 0.1) is 11.4 Å². The summed E-state index contributed by atoms with van der Waals surface area (Å²) in [6.07, 6.45) is 0. The van der Waals surface area contributed by atoms with Gasteiger partial charge in [0.15, 0.2) is 10.0 Å². The number of hydrogen-bond acceptors (Lipinski definition) is 8. The highest BCUT2D eigenvalue weighted by Crippen LogP contribution is 2.51. The minimum Gasteiger partial charge on any atom is -0.245 e. The fraction of sp³-hybridized carbons (Fsp3) is 0.111. The summed E-state index contributed by atoms with van der Waals surface area (Å²) in [7, 11) is 0. The number of fused-ring (bicyclic) bond motifs is 7. The van der Waals surface area contributed by atoms with Gasteiger partial charge >= 0.3 is 0 Å². The molecular weight excluding hydrogens is 797 g/mol. The largest absolute Gasteiger partial charge is 0.245 e. The molecule has 0 radical (unpaired) electrons. The van der Waals surface area contributed by atoms with Crippen molar-refractivity contribution in [1.29, 1.82) is 0 Å². The molecule has 6 aromatic carbocycles. The lowest BCUT2D eigenvalue weighted by molar-refractivity contribution is 0.660. The first-order chi connectivity index (χ1) is 30.2. The monoisotopic (exact) mass is 834 g/mol. The van der Waals surface area contributed by atoms with E-state index in [0.29, 0.717) is 0 Å². The van der Waals surface area contributed by atoms with Crippen LogP contribution in [0.5, 0.6) is 0 Å². The normalized spacial score (nSPS) is 14.1. The van der Waals surface area contributed by atoms with Gasteiger partial charge in [-0.05, 0) is 104 Å². The number of pyridine rings is 2. The fourth-order valence-corrected chi connectivity index (χ4v) is 11.2. The summed E-state index contributed by atoms with van der Waals surface area (Å²) in [6.45, 7) is 9.23. The molecule has 0 aliphatic heterocycles. The Bertz CT molecular complexity index is 3230. The van der Waals surface area contributed by atoms with Crippen LogP contribution in [0, 0.1) is 0 Å². The molecule has 0 N–H and O–H groups in total. The zero-order chi connectivity index (χ0) is 41.7. The Labute approximate surface area is 367 Å². The Morgan fingerprint density at radius 3 is 1.21 bits per heavy atom. The molecule has 2 aliphatic rings. The van der Waals surface area contributed by atoms with E-state index in [-0.39, 0.29) is 10.8 Å². The van der Waals surface area contributed by atoms with E-state index in [4.69, 9.17) is 9.97 Å². The van der Waals surface area contributed by atoms with Crippen molar-refractivity contribution >= 4 is 33.4 Å². The Balaban J connectivity index is 0.800. The number of benzene rings is 6. The summed E-state index contributed by atoms with van der Waals surface area (Å²) in [4.78, 5) is 10.2. The molecule has 62 heavy (non-hydrogen) atoms. The van der Waals surface area contributed by atoms with Crippen LogP contribution >= 0.6 is 22.7 Å². The van der Waals surface area contributed by atoms with Crippen LogP contribution < -0.4 is 0 Å². The second kappa shape index (κ2) is 13.8. The third-order valence-electron chi connectivity index (χ3n) is 12.9. The second-order valence-electron chi connectivity index (χ2n) is 17.3. The molecule has 0 spiro atoms. The summed E-state index contributed by atoms with van der Waals surface area (Å²) >= 11 is 3.11. The minimum atomic E-state index is -0.0745. The van der Waals surface area contributed by atoms with Crippen molar-refractivity contribution in [3.63, 3.8) is 0 Å². The Hall–Kier alpha value is -7.00. The lowest BCUT2D eigenvalue weighted by Crippen LogP contribution is -2.14. The molecule has 10 aromatic rings. The maximum absolute atomic E-state index is 5.10. The van der Waals surface area contributed by atoms with Gasteiger partial charge in [0.25, 0.3) is 0 Å². The van der Waals surface area contributed by atoms with Crippen molar-refractivity contribution in [1.82, 2.24) is 30.4 Å². The highest BCUT2D eigenvalue weighted by Gasteiger charge is 2.36. The van der Waals surface area contributed by atoms with Crippen molar-refractivity contribution in [3.05, 3.63) is 180 Å². The predicted octanol–water partition coefficient (Wildman–Crippen LogP) is 13.9. The molecule has 296 valence electrons. The Morgan fingerprint density at radius 1 is 0.323 bits per heavy atom. The van der Waals surface area contributed by atoms with Crippen molar-refractivity contribution in [2.75, 3.05) is 0 Å². The zero-order valence-corrected chi connectivity index (χ0v) is 36.1. The highest BCUT2D eigenvalue weighted by molar-refractivity contribution is 7.18. The minimum absolute atomic E-state index is 0.0745. The van der Waals surface area contributed by atoms with Crippen LogP contribution in [0.4, 0.5) is 0 Å². The lowest BCUT2D eigenvalue weighted by Gasteiger charge is -2.21. The predicted molar refractivity (Wildman–Crippen MR) is 254 cm³/mol. The average Bonchev–Trinajstić information content (AvgIpc) is 4.10. The van der Waals surface area contributed by atoms with E-state index in [9.17, 15) is 0 Å². The van der Waals surface area contributed by atoms with Gasteiger partial charge in [0.2, 0.25) is 0 Å². The zero-order valence-electron chi connectivity index (χ0n) is 34.5. The fourth-order valence-electron chi connectivity index (χ4n) is 9.56. The number of nitrogens with zero attached hydrogens (tertiary/aromatic N) is 6. The maximum Gasteiger partial charge on any atom is 0.166 e. The SMILES string of the molecule is CC1(C)c2ccccc2-c2ccc(-c3cccc(-c4nnc(-c5ccc6ccc(-c7nnc(-c8cccc(-c9ccc%10c(c9)C(C)(C)c9ccccc9-%10)n8)s7)cc6c5)s4)n3)cc21. The van der Waals surface area contributed by atoms with E-state index in [1.807, 2.05) is 12.1 Å². The van der Waals surface area contributed by atoms with E-state index in [2.05, 4.69) is 194 Å². The average molecular weight is 835 g/mol. The standard InChI is InChI=1S/C54H38N6S2/c1-53(2)41-13-7-5-11-37(41)39-25-23-32(29-43(39)53)45-15-9-17-47(55-45)51-59-57-49(61-51)34-21-19-31-20-22-35(28-36(31)27-34)50-58-60-52(62-50)48-18-10-16-46(56-48)33-24-26-40-38-12-6-8-14-42(38)54(3,4)44(40)30-33/h5-30H,1-4H3. The third-order valence-corrected chi connectivity index (χ3v) is 14.9. The summed E-state index contributed by atoms with van der Waals surface area (Å²) in [5, 5.41) is 24.0. The van der Waals surface area contributed by atoms with Gasteiger partial charge in [0.1, 0.15) is 21.4 Å². The van der Waals surface area contributed by atoms with Gasteiger partial charge in [-0.1, -0.05) is 160 Å². The van der Waals surface area contributed by atoms with Crippen LogP contribution in [-0.4, -0.2) is 30.4 Å². The number of rotatable bonds is 6. The first kappa shape index (κ1) is 36.8. The van der Waals surface area contributed by atoms with Crippen LogP contribution in [0.2, 0.25) is 0 Å². The number of hydrogen-bond donors (Lipinski definition) is 0. The summed E-state index contributed by atoms with van der Waals surface area (Å²) < 4.78 is 0. The van der Waals surface area contributed by atoms with Gasteiger partial charge in [0, 0.05) is 33.1 Å². The number of aromatic nitrogens is 6. The van der Waals surface area contributed by atoms with Crippen molar-refractivity contribution < 1.29 is 0 Å². The molecule has 6 nitrogen and oxygen atoms in total.